The second kappa shape index (κ2) is 5.03. The summed E-state index contributed by atoms with van der Waals surface area (Å²) in [7, 11) is 1.28. The van der Waals surface area contributed by atoms with Gasteiger partial charge in [0.25, 0.3) is 0 Å². The van der Waals surface area contributed by atoms with Gasteiger partial charge in [-0.15, -0.1) is 0 Å². The Labute approximate surface area is 137 Å². The lowest BCUT2D eigenvalue weighted by molar-refractivity contribution is -0.158. The molecule has 1 aliphatic heterocycles. The molecule has 1 saturated heterocycles. The first-order valence-corrected chi connectivity index (χ1v) is 8.00. The third-order valence-corrected chi connectivity index (χ3v) is 6.02. The van der Waals surface area contributed by atoms with Gasteiger partial charge in [0.15, 0.2) is 0 Å². The smallest absolute Gasteiger partial charge is 0.329 e. The summed E-state index contributed by atoms with van der Waals surface area (Å²) >= 11 is 0. The van der Waals surface area contributed by atoms with E-state index in [1.54, 1.807) is 0 Å². The van der Waals surface area contributed by atoms with Gasteiger partial charge in [-0.05, 0) is 23.7 Å². The fraction of sp³-hybridized carbons (Fsp3) is 0.824. The fourth-order valence-corrected chi connectivity index (χ4v) is 4.45. The summed E-state index contributed by atoms with van der Waals surface area (Å²) in [5.74, 6) is -0.936. The van der Waals surface area contributed by atoms with E-state index in [2.05, 4.69) is 0 Å². The third-order valence-electron chi connectivity index (χ3n) is 6.02. The van der Waals surface area contributed by atoms with Crippen molar-refractivity contribution >= 4 is 17.7 Å². The van der Waals surface area contributed by atoms with Crippen molar-refractivity contribution in [2.24, 2.45) is 27.9 Å². The van der Waals surface area contributed by atoms with Crippen LogP contribution in [0.3, 0.4) is 0 Å². The van der Waals surface area contributed by atoms with Crippen LogP contribution in [-0.4, -0.2) is 48.3 Å². The summed E-state index contributed by atoms with van der Waals surface area (Å²) in [6.45, 7) is 11.4. The molecule has 2 fully saturated rings. The van der Waals surface area contributed by atoms with Crippen LogP contribution in [0.15, 0.2) is 0 Å². The number of carbonyl (C=O) groups is 3. The lowest BCUT2D eigenvalue weighted by Crippen LogP contribution is -2.57. The quantitative estimate of drug-likeness (QED) is 0.782. The second-order valence-corrected chi connectivity index (χ2v) is 8.46. The van der Waals surface area contributed by atoms with Crippen molar-refractivity contribution in [1.29, 1.82) is 0 Å². The number of hydrogen-bond acceptors (Lipinski definition) is 5. The Kier molecular flexibility index (Phi) is 3.92. The average molecular weight is 324 g/mol. The van der Waals surface area contributed by atoms with Gasteiger partial charge in [-0.3, -0.25) is 9.59 Å². The Morgan fingerprint density at radius 2 is 1.78 bits per heavy atom. The number of ether oxygens (including phenoxy) is 1. The van der Waals surface area contributed by atoms with Crippen molar-refractivity contribution in [1.82, 2.24) is 4.90 Å². The van der Waals surface area contributed by atoms with Crippen molar-refractivity contribution in [3.8, 4) is 0 Å². The number of carbonyl (C=O) groups excluding carboxylic acids is 3. The largest absolute Gasteiger partial charge is 0.467 e. The zero-order chi connectivity index (χ0) is 18.0. The van der Waals surface area contributed by atoms with Crippen LogP contribution in [0, 0.1) is 22.2 Å². The van der Waals surface area contributed by atoms with E-state index in [1.807, 2.05) is 34.6 Å². The molecule has 1 saturated carbocycles. The number of piperidine rings is 1. The van der Waals surface area contributed by atoms with Crippen LogP contribution >= 0.6 is 0 Å². The molecule has 2 N–H and O–H groups in total. The molecular formula is C17H28N2O4. The van der Waals surface area contributed by atoms with Gasteiger partial charge in [0, 0.05) is 6.54 Å². The number of amides is 1. The van der Waals surface area contributed by atoms with Gasteiger partial charge in [-0.2, -0.15) is 0 Å². The molecule has 6 nitrogen and oxygen atoms in total. The van der Waals surface area contributed by atoms with Crippen LogP contribution < -0.4 is 5.73 Å². The molecular weight excluding hydrogens is 296 g/mol. The Morgan fingerprint density at radius 1 is 1.26 bits per heavy atom. The zero-order valence-electron chi connectivity index (χ0n) is 15.1. The number of nitrogens with zero attached hydrogens (tertiary/aromatic N) is 1. The molecule has 1 heterocycles. The minimum atomic E-state index is -0.883. The Balaban J connectivity index is 2.43. The molecule has 4 atom stereocenters. The summed E-state index contributed by atoms with van der Waals surface area (Å²) in [5.41, 5.74) is 4.50. The Morgan fingerprint density at radius 3 is 2.17 bits per heavy atom. The number of ketones is 1. The number of fused-ring (bicyclic) bond motifs is 1. The molecule has 0 aromatic heterocycles. The number of esters is 1. The third kappa shape index (κ3) is 2.14. The van der Waals surface area contributed by atoms with E-state index >= 15 is 0 Å². The molecule has 0 bridgehead atoms. The van der Waals surface area contributed by atoms with Gasteiger partial charge >= 0.3 is 5.97 Å². The maximum Gasteiger partial charge on any atom is 0.329 e. The van der Waals surface area contributed by atoms with E-state index in [0.717, 1.165) is 0 Å². The van der Waals surface area contributed by atoms with Crippen molar-refractivity contribution in [3.63, 3.8) is 0 Å². The second-order valence-electron chi connectivity index (χ2n) is 8.46. The first-order chi connectivity index (χ1) is 10.3. The molecule has 0 aromatic rings. The molecule has 1 aliphatic carbocycles. The highest BCUT2D eigenvalue weighted by Gasteiger charge is 2.83. The van der Waals surface area contributed by atoms with Gasteiger partial charge in [-0.25, -0.2) is 4.79 Å². The number of rotatable bonds is 3. The topological polar surface area (TPSA) is 89.7 Å². The molecule has 0 spiro atoms. The molecule has 6 heteroatoms. The predicted molar refractivity (Wildman–Crippen MR) is 85.3 cm³/mol. The van der Waals surface area contributed by atoms with Crippen molar-refractivity contribution in [3.05, 3.63) is 0 Å². The summed E-state index contributed by atoms with van der Waals surface area (Å²) in [6, 6.07) is -1.62. The van der Waals surface area contributed by atoms with E-state index in [1.165, 1.54) is 18.9 Å². The maximum atomic E-state index is 12.8. The highest BCUT2D eigenvalue weighted by atomic mass is 16.5. The highest BCUT2D eigenvalue weighted by Crippen LogP contribution is 2.75. The average Bonchev–Trinajstić information content (AvgIpc) is 2.78. The summed E-state index contributed by atoms with van der Waals surface area (Å²) in [6.07, 6.45) is 0. The summed E-state index contributed by atoms with van der Waals surface area (Å²) in [5, 5.41) is 0. The number of likely N-dealkylation sites (tertiary alicyclic amines) is 1. The molecule has 2 aliphatic rings. The highest BCUT2D eigenvalue weighted by molar-refractivity contribution is 5.99. The fourth-order valence-electron chi connectivity index (χ4n) is 4.45. The number of Topliss-reactive ketones (excluding diaryl/α,β-unsaturated/α-hetero) is 1. The Hall–Kier alpha value is -1.43. The molecule has 130 valence electrons. The van der Waals surface area contributed by atoms with Gasteiger partial charge in [-0.1, -0.05) is 34.6 Å². The number of nitrogens with two attached hydrogens (primary N) is 1. The van der Waals surface area contributed by atoms with Crippen molar-refractivity contribution < 1.29 is 19.1 Å². The first-order valence-electron chi connectivity index (χ1n) is 8.00. The van der Waals surface area contributed by atoms with E-state index in [4.69, 9.17) is 10.5 Å². The van der Waals surface area contributed by atoms with Crippen LogP contribution in [0.1, 0.15) is 41.5 Å². The van der Waals surface area contributed by atoms with Gasteiger partial charge in [0.2, 0.25) is 5.91 Å². The molecule has 0 radical (unpaired) electrons. The van der Waals surface area contributed by atoms with Crippen LogP contribution in [0.5, 0.6) is 0 Å². The molecule has 2 rings (SSSR count). The lowest BCUT2D eigenvalue weighted by atomic mass is 9.82. The van der Waals surface area contributed by atoms with Gasteiger partial charge < -0.3 is 15.4 Å². The van der Waals surface area contributed by atoms with E-state index in [-0.39, 0.29) is 23.0 Å². The molecule has 4 unspecified atom stereocenters. The van der Waals surface area contributed by atoms with E-state index < -0.39 is 28.9 Å². The summed E-state index contributed by atoms with van der Waals surface area (Å²) in [4.78, 5) is 39.2. The number of methoxy groups -OCH3 is 1. The predicted octanol–water partition coefficient (Wildman–Crippen LogP) is 0.975. The van der Waals surface area contributed by atoms with Crippen LogP contribution in [0.25, 0.3) is 0 Å². The standard InChI is InChI=1S/C17H28N2O4/c1-9(20)17-10(16(17,5)6)8-19(12(17)14(22)23-7)13(21)11(18)15(2,3)4/h10-12H,8,18H2,1-7H3. The van der Waals surface area contributed by atoms with E-state index in [9.17, 15) is 14.4 Å². The minimum Gasteiger partial charge on any atom is -0.467 e. The molecule has 1 amide bonds. The van der Waals surface area contributed by atoms with Crippen LogP contribution in [0.4, 0.5) is 0 Å². The Bertz CT molecular complexity index is 563. The molecule has 23 heavy (non-hydrogen) atoms. The molecule has 0 aromatic carbocycles. The first kappa shape index (κ1) is 17.9. The van der Waals surface area contributed by atoms with Crippen LogP contribution in [-0.2, 0) is 19.1 Å². The van der Waals surface area contributed by atoms with E-state index in [0.29, 0.717) is 6.54 Å². The minimum absolute atomic E-state index is 0.0345. The van der Waals surface area contributed by atoms with Crippen molar-refractivity contribution in [2.75, 3.05) is 13.7 Å². The summed E-state index contributed by atoms with van der Waals surface area (Å²) < 4.78 is 4.92. The lowest BCUT2D eigenvalue weighted by Gasteiger charge is -2.37. The SMILES string of the molecule is COC(=O)C1N(C(=O)C(N)C(C)(C)C)CC2C(C)(C)C12C(C)=O. The van der Waals surface area contributed by atoms with Gasteiger partial charge in [0.05, 0.1) is 18.6 Å². The van der Waals surface area contributed by atoms with Crippen LogP contribution in [0.2, 0.25) is 0 Å². The van der Waals surface area contributed by atoms with Gasteiger partial charge in [0.1, 0.15) is 11.8 Å². The normalized spacial score (nSPS) is 33.0. The van der Waals surface area contributed by atoms with Crippen molar-refractivity contribution in [2.45, 2.75) is 53.6 Å². The zero-order valence-corrected chi connectivity index (χ0v) is 15.1. The monoisotopic (exact) mass is 324 g/mol. The maximum absolute atomic E-state index is 12.8. The number of hydrogen-bond donors (Lipinski definition) is 1.